The average Bonchev–Trinajstić information content (AvgIpc) is 3.19. The third-order valence-electron chi connectivity index (χ3n) is 4.80. The summed E-state index contributed by atoms with van der Waals surface area (Å²) in [4.78, 5) is 18.7. The fraction of sp³-hybridized carbons (Fsp3) is 0.500. The molecule has 2 amide bonds. The average molecular weight is 342 g/mol. The van der Waals surface area contributed by atoms with E-state index in [4.69, 9.17) is 9.26 Å². The van der Waals surface area contributed by atoms with Crippen molar-refractivity contribution in [2.45, 2.75) is 31.6 Å². The Morgan fingerprint density at radius 1 is 1.32 bits per heavy atom. The van der Waals surface area contributed by atoms with Crippen LogP contribution in [-0.4, -0.2) is 41.3 Å². The van der Waals surface area contributed by atoms with Crippen molar-refractivity contribution in [1.82, 2.24) is 15.0 Å². The minimum atomic E-state index is -0.0700. The molecule has 1 aromatic heterocycles. The minimum Gasteiger partial charge on any atom is -0.497 e. The summed E-state index contributed by atoms with van der Waals surface area (Å²) in [5.74, 6) is 3.18. The Morgan fingerprint density at radius 2 is 2.12 bits per heavy atom. The molecule has 0 spiro atoms. The number of urea groups is 1. The highest BCUT2D eigenvalue weighted by molar-refractivity contribution is 5.89. The molecule has 0 radical (unpaired) electrons. The second kappa shape index (κ2) is 6.74. The topological polar surface area (TPSA) is 80.5 Å². The van der Waals surface area contributed by atoms with Crippen molar-refractivity contribution < 1.29 is 14.1 Å². The molecule has 2 fully saturated rings. The Labute approximate surface area is 146 Å². The number of nitrogens with one attached hydrogen (secondary N) is 1. The number of likely N-dealkylation sites (tertiary alicyclic amines) is 1. The van der Waals surface area contributed by atoms with E-state index >= 15 is 0 Å². The van der Waals surface area contributed by atoms with Crippen molar-refractivity contribution in [2.24, 2.45) is 5.92 Å². The van der Waals surface area contributed by atoms with Gasteiger partial charge in [-0.3, -0.25) is 0 Å². The van der Waals surface area contributed by atoms with Gasteiger partial charge in [0, 0.05) is 31.1 Å². The van der Waals surface area contributed by atoms with Crippen LogP contribution in [0.1, 0.15) is 36.9 Å². The van der Waals surface area contributed by atoms with Crippen LogP contribution < -0.4 is 10.1 Å². The number of ether oxygens (including phenoxy) is 1. The first-order valence-corrected chi connectivity index (χ1v) is 8.73. The van der Waals surface area contributed by atoms with Gasteiger partial charge in [0.2, 0.25) is 5.89 Å². The monoisotopic (exact) mass is 342 g/mol. The lowest BCUT2D eigenvalue weighted by Crippen LogP contribution is -2.33. The Balaban J connectivity index is 1.29. The minimum absolute atomic E-state index is 0.0700. The summed E-state index contributed by atoms with van der Waals surface area (Å²) < 4.78 is 10.4. The number of benzene rings is 1. The standard InChI is InChI=1S/C18H22N4O3/c1-24-15-6-4-14(5-7-15)19-18(23)22-9-8-12(11-22)10-16-20-17(25-21-16)13-2-3-13/h4-7,12-13H,2-3,8-11H2,1H3,(H,19,23)/t12-/m1/s1. The first kappa shape index (κ1) is 15.9. The van der Waals surface area contributed by atoms with E-state index in [-0.39, 0.29) is 6.03 Å². The summed E-state index contributed by atoms with van der Waals surface area (Å²) in [5, 5.41) is 7.01. The lowest BCUT2D eigenvalue weighted by Gasteiger charge is -2.17. The number of carbonyl (C=O) groups excluding carboxylic acids is 1. The van der Waals surface area contributed by atoms with Crippen molar-refractivity contribution in [2.75, 3.05) is 25.5 Å². The molecular formula is C18H22N4O3. The molecule has 7 nitrogen and oxygen atoms in total. The molecule has 2 heterocycles. The van der Waals surface area contributed by atoms with Gasteiger partial charge in [-0.15, -0.1) is 0 Å². The highest BCUT2D eigenvalue weighted by Gasteiger charge is 2.31. The van der Waals surface area contributed by atoms with E-state index in [9.17, 15) is 4.79 Å². The summed E-state index contributed by atoms with van der Waals surface area (Å²) in [7, 11) is 1.62. The van der Waals surface area contributed by atoms with Crippen LogP contribution in [0.5, 0.6) is 5.75 Å². The van der Waals surface area contributed by atoms with E-state index in [0.717, 1.165) is 61.9 Å². The second-order valence-electron chi connectivity index (χ2n) is 6.79. The lowest BCUT2D eigenvalue weighted by molar-refractivity contribution is 0.220. The Bertz CT molecular complexity index is 739. The normalized spacial score (nSPS) is 19.9. The fourth-order valence-electron chi connectivity index (χ4n) is 3.17. The van der Waals surface area contributed by atoms with Crippen LogP contribution >= 0.6 is 0 Å². The number of carbonyl (C=O) groups is 1. The first-order chi connectivity index (χ1) is 12.2. The van der Waals surface area contributed by atoms with E-state index in [2.05, 4.69) is 15.5 Å². The van der Waals surface area contributed by atoms with E-state index < -0.39 is 0 Å². The number of hydrogen-bond acceptors (Lipinski definition) is 5. The molecule has 1 saturated carbocycles. The van der Waals surface area contributed by atoms with Crippen molar-refractivity contribution >= 4 is 11.7 Å². The van der Waals surface area contributed by atoms with Gasteiger partial charge in [0.25, 0.3) is 0 Å². The molecule has 1 atom stereocenters. The molecule has 1 aliphatic carbocycles. The first-order valence-electron chi connectivity index (χ1n) is 8.73. The van der Waals surface area contributed by atoms with Gasteiger partial charge in [-0.25, -0.2) is 4.79 Å². The summed E-state index contributed by atoms with van der Waals surface area (Å²) in [6.45, 7) is 1.47. The molecule has 25 heavy (non-hydrogen) atoms. The van der Waals surface area contributed by atoms with Crippen molar-refractivity contribution in [1.29, 1.82) is 0 Å². The molecule has 2 aliphatic rings. The van der Waals surface area contributed by atoms with E-state index in [1.807, 2.05) is 29.2 Å². The van der Waals surface area contributed by atoms with Crippen LogP contribution in [0.25, 0.3) is 0 Å². The zero-order valence-corrected chi connectivity index (χ0v) is 14.3. The number of anilines is 1. The number of methoxy groups -OCH3 is 1. The SMILES string of the molecule is COc1ccc(NC(=O)N2CC[C@H](Cc3noc(C4CC4)n3)C2)cc1. The quantitative estimate of drug-likeness (QED) is 0.903. The van der Waals surface area contributed by atoms with Crippen molar-refractivity contribution in [3.05, 3.63) is 36.0 Å². The van der Waals surface area contributed by atoms with E-state index in [1.165, 1.54) is 0 Å². The van der Waals surface area contributed by atoms with Gasteiger partial charge in [-0.1, -0.05) is 5.16 Å². The van der Waals surface area contributed by atoms with Crippen LogP contribution in [0, 0.1) is 5.92 Å². The highest BCUT2D eigenvalue weighted by atomic mass is 16.5. The summed E-state index contributed by atoms with van der Waals surface area (Å²) >= 11 is 0. The summed E-state index contributed by atoms with van der Waals surface area (Å²) in [5.41, 5.74) is 0.765. The molecule has 1 aromatic carbocycles. The largest absolute Gasteiger partial charge is 0.497 e. The molecule has 0 bridgehead atoms. The van der Waals surface area contributed by atoms with Gasteiger partial charge < -0.3 is 19.5 Å². The predicted octanol–water partition coefficient (Wildman–Crippen LogP) is 3.05. The third-order valence-corrected chi connectivity index (χ3v) is 4.80. The maximum Gasteiger partial charge on any atom is 0.321 e. The fourth-order valence-corrected chi connectivity index (χ4v) is 3.17. The molecule has 0 unspecified atom stereocenters. The molecule has 7 heteroatoms. The number of amides is 2. The molecule has 1 saturated heterocycles. The maximum atomic E-state index is 12.4. The molecule has 1 aliphatic heterocycles. The molecule has 2 aromatic rings. The molecule has 1 N–H and O–H groups in total. The highest BCUT2D eigenvalue weighted by Crippen LogP contribution is 2.39. The number of nitrogens with zero attached hydrogens (tertiary/aromatic N) is 3. The van der Waals surface area contributed by atoms with E-state index in [0.29, 0.717) is 11.8 Å². The van der Waals surface area contributed by atoms with Crippen LogP contribution in [0.4, 0.5) is 10.5 Å². The van der Waals surface area contributed by atoms with Crippen LogP contribution in [0.3, 0.4) is 0 Å². The molecular weight excluding hydrogens is 320 g/mol. The Kier molecular flexibility index (Phi) is 4.29. The van der Waals surface area contributed by atoms with Gasteiger partial charge in [-0.05, 0) is 49.4 Å². The van der Waals surface area contributed by atoms with Crippen molar-refractivity contribution in [3.8, 4) is 5.75 Å². The zero-order chi connectivity index (χ0) is 17.2. The van der Waals surface area contributed by atoms with Gasteiger partial charge in [0.15, 0.2) is 5.82 Å². The van der Waals surface area contributed by atoms with Gasteiger partial charge >= 0.3 is 6.03 Å². The number of rotatable bonds is 5. The molecule has 4 rings (SSSR count). The van der Waals surface area contributed by atoms with Gasteiger partial charge in [-0.2, -0.15) is 4.98 Å². The maximum absolute atomic E-state index is 12.4. The Hall–Kier alpha value is -2.57. The summed E-state index contributed by atoms with van der Waals surface area (Å²) in [6.07, 6.45) is 4.04. The Morgan fingerprint density at radius 3 is 2.84 bits per heavy atom. The lowest BCUT2D eigenvalue weighted by atomic mass is 10.1. The van der Waals surface area contributed by atoms with Gasteiger partial charge in [0.1, 0.15) is 5.75 Å². The second-order valence-corrected chi connectivity index (χ2v) is 6.79. The third kappa shape index (κ3) is 3.75. The zero-order valence-electron chi connectivity index (χ0n) is 14.3. The van der Waals surface area contributed by atoms with Crippen LogP contribution in [-0.2, 0) is 6.42 Å². The predicted molar refractivity (Wildman–Crippen MR) is 91.7 cm³/mol. The van der Waals surface area contributed by atoms with Crippen LogP contribution in [0.15, 0.2) is 28.8 Å². The van der Waals surface area contributed by atoms with E-state index in [1.54, 1.807) is 7.11 Å². The van der Waals surface area contributed by atoms with Crippen molar-refractivity contribution in [3.63, 3.8) is 0 Å². The molecule has 132 valence electrons. The number of aromatic nitrogens is 2. The van der Waals surface area contributed by atoms with Crippen LogP contribution in [0.2, 0.25) is 0 Å². The van der Waals surface area contributed by atoms with Gasteiger partial charge in [0.05, 0.1) is 7.11 Å². The summed E-state index contributed by atoms with van der Waals surface area (Å²) in [6, 6.07) is 7.26. The smallest absolute Gasteiger partial charge is 0.321 e. The number of hydrogen-bond donors (Lipinski definition) is 1.